The number of para-hydroxylation sites is 1. The maximum absolute atomic E-state index is 12.4. The molecule has 2 aromatic carbocycles. The number of nitrogens with zero attached hydrogens (tertiary/aromatic N) is 1. The largest absolute Gasteiger partial charge is 0.493 e. The van der Waals surface area contributed by atoms with Gasteiger partial charge in [-0.1, -0.05) is 12.1 Å². The molecule has 2 aromatic rings. The van der Waals surface area contributed by atoms with Crippen molar-refractivity contribution in [2.75, 3.05) is 21.3 Å². The summed E-state index contributed by atoms with van der Waals surface area (Å²) in [5.74, 6) is 0.523. The number of aliphatic imine (C=N–C) groups is 1. The molecule has 0 unspecified atom stereocenters. The van der Waals surface area contributed by atoms with Crippen molar-refractivity contribution < 1.29 is 23.8 Å². The van der Waals surface area contributed by atoms with Crippen molar-refractivity contribution in [3.8, 4) is 17.2 Å². The molecule has 9 heteroatoms. The van der Waals surface area contributed by atoms with Crippen molar-refractivity contribution in [1.82, 2.24) is 5.32 Å². The standard InChI is InChI=1S/C20H19N3O5S/c1-26-14-8-11(9-15(27-2)17(14)28-3)10-16-19(25)23-20(29-16)22-13-7-5-4-6-12(13)18(21)24/h4-10H,1-3H3,(H2,21,24)(H,22,23,25)/b16-10-. The van der Waals surface area contributed by atoms with E-state index >= 15 is 0 Å². The molecule has 0 saturated carbocycles. The molecular formula is C20H19N3O5S. The van der Waals surface area contributed by atoms with Crippen LogP contribution >= 0.6 is 11.8 Å². The van der Waals surface area contributed by atoms with Crippen molar-refractivity contribution in [3.63, 3.8) is 0 Å². The summed E-state index contributed by atoms with van der Waals surface area (Å²) >= 11 is 1.15. The lowest BCUT2D eigenvalue weighted by Crippen LogP contribution is -2.19. The highest BCUT2D eigenvalue weighted by atomic mass is 32.2. The molecule has 1 aliphatic rings. The zero-order valence-electron chi connectivity index (χ0n) is 16.0. The van der Waals surface area contributed by atoms with E-state index in [1.807, 2.05) is 0 Å². The average Bonchev–Trinajstić information content (AvgIpc) is 3.05. The second kappa shape index (κ2) is 8.70. The van der Waals surface area contributed by atoms with Gasteiger partial charge in [0.2, 0.25) is 5.75 Å². The molecule has 1 heterocycles. The number of carbonyl (C=O) groups excluding carboxylic acids is 2. The number of methoxy groups -OCH3 is 3. The summed E-state index contributed by atoms with van der Waals surface area (Å²) in [6, 6.07) is 10.1. The summed E-state index contributed by atoms with van der Waals surface area (Å²) in [4.78, 5) is 28.7. The quantitative estimate of drug-likeness (QED) is 0.704. The maximum Gasteiger partial charge on any atom is 0.264 e. The third kappa shape index (κ3) is 4.35. The van der Waals surface area contributed by atoms with Crippen LogP contribution in [-0.2, 0) is 4.79 Å². The first-order valence-electron chi connectivity index (χ1n) is 8.45. The number of ether oxygens (including phenoxy) is 3. The van der Waals surface area contributed by atoms with Crippen molar-refractivity contribution in [3.05, 3.63) is 52.4 Å². The molecule has 0 aromatic heterocycles. The molecule has 0 atom stereocenters. The van der Waals surface area contributed by atoms with Gasteiger partial charge in [-0.25, -0.2) is 4.99 Å². The molecular weight excluding hydrogens is 394 g/mol. The van der Waals surface area contributed by atoms with Gasteiger partial charge in [0.15, 0.2) is 16.7 Å². The molecule has 150 valence electrons. The van der Waals surface area contributed by atoms with Gasteiger partial charge in [0, 0.05) is 0 Å². The van der Waals surface area contributed by atoms with Gasteiger partial charge in [-0.15, -0.1) is 0 Å². The van der Waals surface area contributed by atoms with Crippen LogP contribution < -0.4 is 25.3 Å². The van der Waals surface area contributed by atoms with E-state index in [0.29, 0.717) is 38.6 Å². The van der Waals surface area contributed by atoms with Gasteiger partial charge < -0.3 is 25.3 Å². The van der Waals surface area contributed by atoms with E-state index in [1.54, 1.807) is 42.5 Å². The molecule has 0 bridgehead atoms. The van der Waals surface area contributed by atoms with Gasteiger partial charge in [0.1, 0.15) is 0 Å². The highest BCUT2D eigenvalue weighted by molar-refractivity contribution is 8.18. The fraction of sp³-hybridized carbons (Fsp3) is 0.150. The lowest BCUT2D eigenvalue weighted by molar-refractivity contribution is -0.115. The van der Waals surface area contributed by atoms with Crippen molar-refractivity contribution >= 4 is 40.5 Å². The number of hydrogen-bond acceptors (Lipinski definition) is 7. The van der Waals surface area contributed by atoms with Gasteiger partial charge in [-0.2, -0.15) is 0 Å². The highest BCUT2D eigenvalue weighted by Crippen LogP contribution is 2.39. The number of nitrogens with two attached hydrogens (primary N) is 1. The molecule has 1 saturated heterocycles. The minimum absolute atomic E-state index is 0.275. The Morgan fingerprint density at radius 3 is 2.34 bits per heavy atom. The monoisotopic (exact) mass is 413 g/mol. The van der Waals surface area contributed by atoms with Crippen LogP contribution in [0.15, 0.2) is 46.3 Å². The molecule has 0 spiro atoms. The van der Waals surface area contributed by atoms with E-state index in [4.69, 9.17) is 19.9 Å². The maximum atomic E-state index is 12.4. The molecule has 1 fully saturated rings. The third-order valence-electron chi connectivity index (χ3n) is 4.03. The second-order valence-electron chi connectivity index (χ2n) is 5.82. The summed E-state index contributed by atoms with van der Waals surface area (Å²) in [7, 11) is 4.56. The molecule has 0 radical (unpaired) electrons. The van der Waals surface area contributed by atoms with Crippen molar-refractivity contribution in [2.24, 2.45) is 10.7 Å². The van der Waals surface area contributed by atoms with Gasteiger partial charge in [0.25, 0.3) is 11.8 Å². The molecule has 2 amide bonds. The smallest absolute Gasteiger partial charge is 0.264 e. The minimum atomic E-state index is -0.590. The van der Waals surface area contributed by atoms with Crippen molar-refractivity contribution in [2.45, 2.75) is 0 Å². The van der Waals surface area contributed by atoms with Crippen LogP contribution in [0.25, 0.3) is 6.08 Å². The van der Waals surface area contributed by atoms with E-state index in [9.17, 15) is 9.59 Å². The number of hydrogen-bond donors (Lipinski definition) is 2. The Labute approximate surface area is 171 Å². The first kappa shape index (κ1) is 20.3. The van der Waals surface area contributed by atoms with E-state index in [1.165, 1.54) is 21.3 Å². The number of benzene rings is 2. The van der Waals surface area contributed by atoms with Crippen LogP contribution in [0.3, 0.4) is 0 Å². The molecule has 29 heavy (non-hydrogen) atoms. The third-order valence-corrected chi connectivity index (χ3v) is 4.94. The normalized spacial score (nSPS) is 16.0. The van der Waals surface area contributed by atoms with Crippen LogP contribution in [0.1, 0.15) is 15.9 Å². The fourth-order valence-corrected chi connectivity index (χ4v) is 3.54. The van der Waals surface area contributed by atoms with E-state index < -0.39 is 5.91 Å². The summed E-state index contributed by atoms with van der Waals surface area (Å²) in [5, 5.41) is 3.03. The second-order valence-corrected chi connectivity index (χ2v) is 6.85. The van der Waals surface area contributed by atoms with Gasteiger partial charge in [-0.3, -0.25) is 9.59 Å². The number of amidine groups is 1. The Morgan fingerprint density at radius 1 is 1.10 bits per heavy atom. The van der Waals surface area contributed by atoms with Crippen LogP contribution in [0, 0.1) is 0 Å². The summed E-state index contributed by atoms with van der Waals surface area (Å²) < 4.78 is 16.0. The topological polar surface area (TPSA) is 112 Å². The van der Waals surface area contributed by atoms with Crippen LogP contribution in [0.2, 0.25) is 0 Å². The predicted octanol–water partition coefficient (Wildman–Crippen LogP) is 2.70. The fourth-order valence-electron chi connectivity index (χ4n) is 2.71. The van der Waals surface area contributed by atoms with Crippen LogP contribution in [0.4, 0.5) is 5.69 Å². The Morgan fingerprint density at radius 2 is 1.76 bits per heavy atom. The van der Waals surface area contributed by atoms with E-state index in [-0.39, 0.29) is 11.5 Å². The molecule has 1 aliphatic heterocycles. The van der Waals surface area contributed by atoms with Crippen LogP contribution in [0.5, 0.6) is 17.2 Å². The average molecular weight is 413 g/mol. The predicted molar refractivity (Wildman–Crippen MR) is 112 cm³/mol. The van der Waals surface area contributed by atoms with Gasteiger partial charge in [-0.05, 0) is 47.7 Å². The minimum Gasteiger partial charge on any atom is -0.493 e. The lowest BCUT2D eigenvalue weighted by atomic mass is 10.1. The first-order chi connectivity index (χ1) is 14.0. The summed E-state index contributed by atoms with van der Waals surface area (Å²) in [5.41, 5.74) is 6.73. The van der Waals surface area contributed by atoms with Gasteiger partial charge >= 0.3 is 0 Å². The number of thioether (sulfide) groups is 1. The molecule has 0 aliphatic carbocycles. The Balaban J connectivity index is 1.93. The Bertz CT molecular complexity index is 1010. The lowest BCUT2D eigenvalue weighted by Gasteiger charge is -2.12. The number of amides is 2. The Kier molecular flexibility index (Phi) is 6.08. The number of nitrogens with one attached hydrogen (secondary N) is 1. The molecule has 3 N–H and O–H groups in total. The molecule has 3 rings (SSSR count). The highest BCUT2D eigenvalue weighted by Gasteiger charge is 2.25. The summed E-state index contributed by atoms with van der Waals surface area (Å²) in [6.07, 6.45) is 1.69. The van der Waals surface area contributed by atoms with Crippen molar-refractivity contribution in [1.29, 1.82) is 0 Å². The van der Waals surface area contributed by atoms with E-state index in [0.717, 1.165) is 11.8 Å². The SMILES string of the molecule is COc1cc(/C=C2\SC(=Nc3ccccc3C(N)=O)NC2=O)cc(OC)c1OC. The van der Waals surface area contributed by atoms with Gasteiger partial charge in [0.05, 0.1) is 37.5 Å². The molecule has 8 nitrogen and oxygen atoms in total. The van der Waals surface area contributed by atoms with Crippen LogP contribution in [-0.4, -0.2) is 38.3 Å². The van der Waals surface area contributed by atoms with E-state index in [2.05, 4.69) is 10.3 Å². The Hall–Kier alpha value is -3.46. The number of rotatable bonds is 6. The number of primary amides is 1. The number of carbonyl (C=O) groups is 2. The zero-order chi connectivity index (χ0) is 21.0. The summed E-state index contributed by atoms with van der Waals surface area (Å²) in [6.45, 7) is 0. The first-order valence-corrected chi connectivity index (χ1v) is 9.27. The zero-order valence-corrected chi connectivity index (χ0v) is 16.8.